The van der Waals surface area contributed by atoms with E-state index in [1.54, 1.807) is 0 Å². The molecule has 0 radical (unpaired) electrons. The molecular formula is C16H22N2O2. The van der Waals surface area contributed by atoms with E-state index in [0.717, 1.165) is 25.9 Å². The van der Waals surface area contributed by atoms with E-state index in [9.17, 15) is 4.79 Å². The van der Waals surface area contributed by atoms with Crippen LogP contribution in [0.5, 0.6) is 0 Å². The van der Waals surface area contributed by atoms with Crippen molar-refractivity contribution in [2.45, 2.75) is 31.4 Å². The Morgan fingerprint density at radius 1 is 1.45 bits per heavy atom. The van der Waals surface area contributed by atoms with E-state index in [1.165, 1.54) is 11.1 Å². The summed E-state index contributed by atoms with van der Waals surface area (Å²) in [6.07, 6.45) is 2.60. The quantitative estimate of drug-likeness (QED) is 0.908. The number of benzene rings is 1. The third-order valence-corrected chi connectivity index (χ3v) is 4.37. The van der Waals surface area contributed by atoms with Gasteiger partial charge in [0.15, 0.2) is 0 Å². The molecule has 1 heterocycles. The average molecular weight is 274 g/mol. The Morgan fingerprint density at radius 3 is 3.10 bits per heavy atom. The van der Waals surface area contributed by atoms with E-state index in [-0.39, 0.29) is 18.1 Å². The second-order valence-electron chi connectivity index (χ2n) is 5.66. The van der Waals surface area contributed by atoms with Gasteiger partial charge in [0.1, 0.15) is 0 Å². The van der Waals surface area contributed by atoms with Gasteiger partial charge in [-0.2, -0.15) is 0 Å². The van der Waals surface area contributed by atoms with Gasteiger partial charge in [-0.1, -0.05) is 24.3 Å². The molecule has 1 fully saturated rings. The molecule has 108 valence electrons. The normalized spacial score (nSPS) is 25.2. The van der Waals surface area contributed by atoms with Gasteiger partial charge in [0, 0.05) is 20.1 Å². The molecule has 0 bridgehead atoms. The first-order valence-electron chi connectivity index (χ1n) is 7.41. The number of ether oxygens (including phenoxy) is 1. The molecule has 1 aliphatic carbocycles. The van der Waals surface area contributed by atoms with Crippen LogP contribution in [-0.2, 0) is 16.0 Å². The van der Waals surface area contributed by atoms with Crippen LogP contribution in [0, 0.1) is 0 Å². The summed E-state index contributed by atoms with van der Waals surface area (Å²) >= 11 is 0. The van der Waals surface area contributed by atoms with Gasteiger partial charge in [0.2, 0.25) is 5.91 Å². The van der Waals surface area contributed by atoms with Gasteiger partial charge in [0.05, 0.1) is 25.2 Å². The van der Waals surface area contributed by atoms with E-state index in [0.29, 0.717) is 13.0 Å². The molecule has 4 nitrogen and oxygen atoms in total. The largest absolute Gasteiger partial charge is 0.375 e. The van der Waals surface area contributed by atoms with Gasteiger partial charge in [-0.25, -0.2) is 0 Å². The molecule has 2 atom stereocenters. The number of aryl methyl sites for hydroxylation is 1. The lowest BCUT2D eigenvalue weighted by Gasteiger charge is -2.29. The average Bonchev–Trinajstić information content (AvgIpc) is 2.91. The van der Waals surface area contributed by atoms with Crippen LogP contribution >= 0.6 is 0 Å². The van der Waals surface area contributed by atoms with Crippen LogP contribution < -0.4 is 5.32 Å². The van der Waals surface area contributed by atoms with E-state index >= 15 is 0 Å². The van der Waals surface area contributed by atoms with Crippen LogP contribution in [0.3, 0.4) is 0 Å². The van der Waals surface area contributed by atoms with Crippen molar-refractivity contribution in [1.82, 2.24) is 10.2 Å². The minimum absolute atomic E-state index is 0.0235. The zero-order valence-corrected chi connectivity index (χ0v) is 12.0. The zero-order valence-electron chi connectivity index (χ0n) is 12.0. The predicted molar refractivity (Wildman–Crippen MR) is 77.5 cm³/mol. The first-order chi connectivity index (χ1) is 9.75. The Morgan fingerprint density at radius 2 is 2.30 bits per heavy atom. The van der Waals surface area contributed by atoms with Crippen molar-refractivity contribution in [3.05, 3.63) is 35.4 Å². The smallest absolute Gasteiger partial charge is 0.225 e. The predicted octanol–water partition coefficient (Wildman–Crippen LogP) is 1.51. The number of carbonyl (C=O) groups is 1. The molecule has 2 unspecified atom stereocenters. The summed E-state index contributed by atoms with van der Waals surface area (Å²) in [4.78, 5) is 14.3. The topological polar surface area (TPSA) is 41.6 Å². The number of nitrogens with zero attached hydrogens (tertiary/aromatic N) is 1. The Hall–Kier alpha value is -1.39. The van der Waals surface area contributed by atoms with Crippen molar-refractivity contribution in [2.75, 3.05) is 26.7 Å². The first kappa shape index (κ1) is 13.6. The lowest BCUT2D eigenvalue weighted by atomic mass is 10.1. The number of morpholine rings is 1. The molecule has 1 amide bonds. The molecule has 1 aromatic rings. The zero-order chi connectivity index (χ0) is 13.9. The molecule has 3 rings (SSSR count). The maximum absolute atomic E-state index is 12.4. The van der Waals surface area contributed by atoms with E-state index < -0.39 is 0 Å². The molecule has 1 aliphatic heterocycles. The van der Waals surface area contributed by atoms with Crippen LogP contribution in [0.4, 0.5) is 0 Å². The Kier molecular flexibility index (Phi) is 4.03. The number of hydrogen-bond donors (Lipinski definition) is 1. The van der Waals surface area contributed by atoms with Gasteiger partial charge in [-0.15, -0.1) is 0 Å². The standard InChI is InChI=1S/C16H22N2O2/c1-18(16(19)10-13-11-17-8-9-20-13)15-7-6-12-4-2-3-5-14(12)15/h2-5,13,15,17H,6-11H2,1H3. The molecule has 0 aromatic heterocycles. The summed E-state index contributed by atoms with van der Waals surface area (Å²) in [6, 6.07) is 8.68. The summed E-state index contributed by atoms with van der Waals surface area (Å²) in [5.74, 6) is 0.181. The van der Waals surface area contributed by atoms with Crippen molar-refractivity contribution < 1.29 is 9.53 Å². The minimum Gasteiger partial charge on any atom is -0.375 e. The van der Waals surface area contributed by atoms with Gasteiger partial charge in [0.25, 0.3) is 0 Å². The fraction of sp³-hybridized carbons (Fsp3) is 0.562. The molecule has 1 N–H and O–H groups in total. The Balaban J connectivity index is 1.64. The maximum Gasteiger partial charge on any atom is 0.225 e. The number of rotatable bonds is 3. The number of carbonyl (C=O) groups excluding carboxylic acids is 1. The fourth-order valence-electron chi connectivity index (χ4n) is 3.20. The third-order valence-electron chi connectivity index (χ3n) is 4.37. The van der Waals surface area contributed by atoms with Crippen molar-refractivity contribution in [3.8, 4) is 0 Å². The summed E-state index contributed by atoms with van der Waals surface area (Å²) in [7, 11) is 1.92. The van der Waals surface area contributed by atoms with Crippen molar-refractivity contribution >= 4 is 5.91 Å². The maximum atomic E-state index is 12.4. The summed E-state index contributed by atoms with van der Waals surface area (Å²) in [5, 5.41) is 3.27. The fourth-order valence-corrected chi connectivity index (χ4v) is 3.20. The van der Waals surface area contributed by atoms with Crippen LogP contribution in [0.15, 0.2) is 24.3 Å². The molecule has 2 aliphatic rings. The second kappa shape index (κ2) is 5.94. The SMILES string of the molecule is CN(C(=O)CC1CNCCO1)C1CCc2ccccc21. The van der Waals surface area contributed by atoms with Crippen molar-refractivity contribution in [1.29, 1.82) is 0 Å². The third kappa shape index (κ3) is 2.72. The van der Waals surface area contributed by atoms with Gasteiger partial charge >= 0.3 is 0 Å². The van der Waals surface area contributed by atoms with E-state index in [4.69, 9.17) is 4.74 Å². The minimum atomic E-state index is 0.0235. The molecule has 0 spiro atoms. The van der Waals surface area contributed by atoms with E-state index in [2.05, 4.69) is 29.6 Å². The summed E-state index contributed by atoms with van der Waals surface area (Å²) < 4.78 is 5.62. The van der Waals surface area contributed by atoms with Gasteiger partial charge in [-0.3, -0.25) is 4.79 Å². The number of nitrogens with one attached hydrogen (secondary N) is 1. The van der Waals surface area contributed by atoms with Crippen LogP contribution in [-0.4, -0.2) is 43.7 Å². The van der Waals surface area contributed by atoms with Crippen molar-refractivity contribution in [3.63, 3.8) is 0 Å². The summed E-state index contributed by atoms with van der Waals surface area (Å²) in [6.45, 7) is 2.37. The lowest BCUT2D eigenvalue weighted by Crippen LogP contribution is -2.42. The highest BCUT2D eigenvalue weighted by molar-refractivity contribution is 5.77. The second-order valence-corrected chi connectivity index (χ2v) is 5.66. The highest BCUT2D eigenvalue weighted by Crippen LogP contribution is 2.35. The van der Waals surface area contributed by atoms with Crippen molar-refractivity contribution in [2.24, 2.45) is 0 Å². The van der Waals surface area contributed by atoms with Crippen LogP contribution in [0.25, 0.3) is 0 Å². The molecule has 4 heteroatoms. The first-order valence-corrected chi connectivity index (χ1v) is 7.41. The van der Waals surface area contributed by atoms with Crippen LogP contribution in [0.1, 0.15) is 30.0 Å². The number of hydrogen-bond acceptors (Lipinski definition) is 3. The molecule has 20 heavy (non-hydrogen) atoms. The monoisotopic (exact) mass is 274 g/mol. The Labute approximate surface area is 120 Å². The number of amides is 1. The van der Waals surface area contributed by atoms with Gasteiger partial charge in [-0.05, 0) is 24.0 Å². The molecule has 1 aromatic carbocycles. The van der Waals surface area contributed by atoms with Crippen LogP contribution in [0.2, 0.25) is 0 Å². The molecular weight excluding hydrogens is 252 g/mol. The molecule has 0 saturated carbocycles. The highest BCUT2D eigenvalue weighted by Gasteiger charge is 2.29. The number of fused-ring (bicyclic) bond motifs is 1. The molecule has 1 saturated heterocycles. The van der Waals surface area contributed by atoms with E-state index in [1.807, 2.05) is 11.9 Å². The van der Waals surface area contributed by atoms with Gasteiger partial charge < -0.3 is 15.0 Å². The highest BCUT2D eigenvalue weighted by atomic mass is 16.5. The lowest BCUT2D eigenvalue weighted by molar-refractivity contribution is -0.135. The summed E-state index contributed by atoms with van der Waals surface area (Å²) in [5.41, 5.74) is 2.69. The Bertz CT molecular complexity index is 483.